The number of para-hydroxylation sites is 1. The molecule has 0 radical (unpaired) electrons. The van der Waals surface area contributed by atoms with Crippen LogP contribution >= 0.6 is 0 Å². The first-order valence-electron chi connectivity index (χ1n) is 8.62. The molecule has 28 heavy (non-hydrogen) atoms. The second-order valence-electron chi connectivity index (χ2n) is 6.25. The van der Waals surface area contributed by atoms with Gasteiger partial charge in [0, 0.05) is 32.4 Å². The molecule has 0 fully saturated rings. The molecule has 0 aliphatic carbocycles. The second-order valence-corrected chi connectivity index (χ2v) is 6.25. The molecule has 0 aliphatic heterocycles. The number of nitrogens with one attached hydrogen (secondary N) is 2. The first-order valence-corrected chi connectivity index (χ1v) is 8.62. The molecule has 0 aliphatic rings. The van der Waals surface area contributed by atoms with Crippen LogP contribution in [0.3, 0.4) is 0 Å². The molecule has 0 saturated carbocycles. The molecule has 10 heteroatoms. The Morgan fingerprint density at radius 3 is 2.89 bits per heavy atom. The van der Waals surface area contributed by atoms with Gasteiger partial charge < -0.3 is 14.8 Å². The van der Waals surface area contributed by atoms with E-state index in [1.807, 2.05) is 6.07 Å². The largest absolute Gasteiger partial charge is 0.339 e. The maximum absolute atomic E-state index is 12.4. The van der Waals surface area contributed by atoms with Gasteiger partial charge in [0.25, 0.3) is 5.56 Å². The van der Waals surface area contributed by atoms with E-state index >= 15 is 0 Å². The Bertz CT molecular complexity index is 1220. The number of rotatable bonds is 5. The van der Waals surface area contributed by atoms with E-state index in [1.54, 1.807) is 32.2 Å². The second kappa shape index (κ2) is 7.06. The van der Waals surface area contributed by atoms with Crippen LogP contribution in [-0.4, -0.2) is 35.8 Å². The molecule has 2 N–H and O–H groups in total. The lowest BCUT2D eigenvalue weighted by Crippen LogP contribution is -2.16. The number of amides is 1. The van der Waals surface area contributed by atoms with E-state index in [0.29, 0.717) is 39.8 Å². The van der Waals surface area contributed by atoms with Gasteiger partial charge >= 0.3 is 0 Å². The first-order chi connectivity index (χ1) is 13.5. The highest BCUT2D eigenvalue weighted by Crippen LogP contribution is 2.25. The zero-order valence-corrected chi connectivity index (χ0v) is 15.3. The van der Waals surface area contributed by atoms with Gasteiger partial charge in [-0.1, -0.05) is 17.3 Å². The van der Waals surface area contributed by atoms with Crippen LogP contribution in [0.4, 0.5) is 5.69 Å². The van der Waals surface area contributed by atoms with E-state index in [-0.39, 0.29) is 24.3 Å². The van der Waals surface area contributed by atoms with Gasteiger partial charge in [0.15, 0.2) is 5.65 Å². The van der Waals surface area contributed by atoms with Crippen molar-refractivity contribution in [3.8, 4) is 11.4 Å². The number of H-pyrrole nitrogens is 1. The Kier molecular flexibility index (Phi) is 4.44. The number of hydrogen-bond donors (Lipinski definition) is 2. The number of aromatic amines is 1. The van der Waals surface area contributed by atoms with Gasteiger partial charge in [-0.2, -0.15) is 10.1 Å². The van der Waals surface area contributed by atoms with Crippen LogP contribution in [0, 0.1) is 6.92 Å². The summed E-state index contributed by atoms with van der Waals surface area (Å²) in [5, 5.41) is 11.2. The van der Waals surface area contributed by atoms with Gasteiger partial charge in [0.2, 0.25) is 17.6 Å². The van der Waals surface area contributed by atoms with Crippen LogP contribution in [0.1, 0.15) is 18.1 Å². The van der Waals surface area contributed by atoms with Crippen molar-refractivity contribution in [1.82, 2.24) is 29.9 Å². The third-order valence-electron chi connectivity index (χ3n) is 4.21. The lowest BCUT2D eigenvalue weighted by Gasteiger charge is -2.08. The predicted molar refractivity (Wildman–Crippen MR) is 101 cm³/mol. The molecule has 4 rings (SSSR count). The van der Waals surface area contributed by atoms with E-state index in [2.05, 4.69) is 30.5 Å². The average Bonchev–Trinajstić information content (AvgIpc) is 3.27. The highest BCUT2D eigenvalue weighted by molar-refractivity contribution is 5.94. The number of fused-ring (bicyclic) bond motifs is 1. The zero-order chi connectivity index (χ0) is 19.7. The van der Waals surface area contributed by atoms with Crippen LogP contribution in [0.25, 0.3) is 22.4 Å². The monoisotopic (exact) mass is 379 g/mol. The standard InChI is InChI=1S/C18H17N7O3/c1-10-20-16(24-28-10)11-5-3-4-6-13(11)21-15(26)8-7-14-22-17-12(18(27)23-14)9-19-25(17)2/h3-6,9H,7-8H2,1-2H3,(H,21,26)(H,22,23,27). The zero-order valence-electron chi connectivity index (χ0n) is 15.3. The Hall–Kier alpha value is -3.82. The molecule has 3 aromatic heterocycles. The molecule has 4 aromatic rings. The van der Waals surface area contributed by atoms with Crippen molar-refractivity contribution in [2.75, 3.05) is 5.32 Å². The summed E-state index contributed by atoms with van der Waals surface area (Å²) >= 11 is 0. The summed E-state index contributed by atoms with van der Waals surface area (Å²) in [7, 11) is 1.71. The molecular formula is C18H17N7O3. The Morgan fingerprint density at radius 1 is 1.29 bits per heavy atom. The lowest BCUT2D eigenvalue weighted by atomic mass is 10.1. The maximum atomic E-state index is 12.4. The van der Waals surface area contributed by atoms with E-state index in [4.69, 9.17) is 4.52 Å². The van der Waals surface area contributed by atoms with E-state index in [1.165, 1.54) is 10.9 Å². The normalized spacial score (nSPS) is 11.1. The van der Waals surface area contributed by atoms with Crippen LogP contribution in [-0.2, 0) is 18.3 Å². The number of anilines is 1. The molecule has 1 amide bonds. The molecule has 0 unspecified atom stereocenters. The van der Waals surface area contributed by atoms with E-state index in [0.717, 1.165) is 0 Å². The summed E-state index contributed by atoms with van der Waals surface area (Å²) in [6.07, 6.45) is 1.89. The molecule has 1 aromatic carbocycles. The predicted octanol–water partition coefficient (Wildman–Crippen LogP) is 1.59. The maximum Gasteiger partial charge on any atom is 0.262 e. The molecule has 0 saturated heterocycles. The van der Waals surface area contributed by atoms with Crippen molar-refractivity contribution in [3.63, 3.8) is 0 Å². The van der Waals surface area contributed by atoms with Gasteiger partial charge in [-0.25, -0.2) is 4.98 Å². The van der Waals surface area contributed by atoms with Crippen LogP contribution in [0.15, 0.2) is 39.8 Å². The number of benzene rings is 1. The molecule has 10 nitrogen and oxygen atoms in total. The molecular weight excluding hydrogens is 362 g/mol. The van der Waals surface area contributed by atoms with Gasteiger partial charge in [-0.05, 0) is 12.1 Å². The minimum atomic E-state index is -0.272. The SMILES string of the molecule is Cc1nc(-c2ccccc2NC(=O)CCc2nc3c(cnn3C)c(=O)[nH]2)no1. The molecule has 142 valence electrons. The Balaban J connectivity index is 1.49. The van der Waals surface area contributed by atoms with E-state index < -0.39 is 0 Å². The van der Waals surface area contributed by atoms with Crippen molar-refractivity contribution in [3.05, 3.63) is 52.5 Å². The third-order valence-corrected chi connectivity index (χ3v) is 4.21. The van der Waals surface area contributed by atoms with Gasteiger partial charge in [-0.3, -0.25) is 14.3 Å². The fraction of sp³-hybridized carbons (Fsp3) is 0.222. The van der Waals surface area contributed by atoms with Crippen molar-refractivity contribution < 1.29 is 9.32 Å². The number of aryl methyl sites for hydroxylation is 3. The quantitative estimate of drug-likeness (QED) is 0.538. The van der Waals surface area contributed by atoms with Crippen LogP contribution in [0.2, 0.25) is 0 Å². The summed E-state index contributed by atoms with van der Waals surface area (Å²) in [6.45, 7) is 1.70. The first kappa shape index (κ1) is 17.6. The van der Waals surface area contributed by atoms with Crippen molar-refractivity contribution in [1.29, 1.82) is 0 Å². The summed E-state index contributed by atoms with van der Waals surface area (Å²) in [5.74, 6) is 1.05. The van der Waals surface area contributed by atoms with Gasteiger partial charge in [0.05, 0.1) is 11.9 Å². The topological polar surface area (TPSA) is 132 Å². The fourth-order valence-electron chi connectivity index (χ4n) is 2.84. The van der Waals surface area contributed by atoms with Crippen molar-refractivity contribution in [2.24, 2.45) is 7.05 Å². The van der Waals surface area contributed by atoms with Gasteiger partial charge in [0.1, 0.15) is 11.2 Å². The highest BCUT2D eigenvalue weighted by Gasteiger charge is 2.14. The summed E-state index contributed by atoms with van der Waals surface area (Å²) in [5.41, 5.74) is 1.45. The van der Waals surface area contributed by atoms with Crippen molar-refractivity contribution in [2.45, 2.75) is 19.8 Å². The number of carbonyl (C=O) groups is 1. The van der Waals surface area contributed by atoms with Crippen molar-refractivity contribution >= 4 is 22.6 Å². The molecule has 0 atom stereocenters. The molecule has 0 bridgehead atoms. The van der Waals surface area contributed by atoms with Gasteiger partial charge in [-0.15, -0.1) is 0 Å². The highest BCUT2D eigenvalue weighted by atomic mass is 16.5. The third kappa shape index (κ3) is 3.39. The Labute approximate surface area is 158 Å². The smallest absolute Gasteiger partial charge is 0.262 e. The minimum absolute atomic E-state index is 0.145. The average molecular weight is 379 g/mol. The summed E-state index contributed by atoms with van der Waals surface area (Å²) < 4.78 is 6.54. The number of carbonyl (C=O) groups excluding carboxylic acids is 1. The molecule has 0 spiro atoms. The number of hydrogen-bond acceptors (Lipinski definition) is 7. The summed E-state index contributed by atoms with van der Waals surface area (Å²) in [6, 6.07) is 7.20. The minimum Gasteiger partial charge on any atom is -0.339 e. The van der Waals surface area contributed by atoms with E-state index in [9.17, 15) is 9.59 Å². The lowest BCUT2D eigenvalue weighted by molar-refractivity contribution is -0.116. The summed E-state index contributed by atoms with van der Waals surface area (Å²) in [4.78, 5) is 35.8. The van der Waals surface area contributed by atoms with Crippen LogP contribution < -0.4 is 10.9 Å². The van der Waals surface area contributed by atoms with Crippen LogP contribution in [0.5, 0.6) is 0 Å². The Morgan fingerprint density at radius 2 is 2.11 bits per heavy atom. The molecule has 3 heterocycles. The number of aromatic nitrogens is 6. The fourth-order valence-corrected chi connectivity index (χ4v) is 2.84. The number of nitrogens with zero attached hydrogens (tertiary/aromatic N) is 5.